The summed E-state index contributed by atoms with van der Waals surface area (Å²) in [6.45, 7) is 4.35. The molecule has 0 aliphatic heterocycles. The van der Waals surface area contributed by atoms with Crippen molar-refractivity contribution in [1.29, 1.82) is 0 Å². The highest BCUT2D eigenvalue weighted by atomic mass is 127. The maximum Gasteiger partial charge on any atom is 0.308 e. The Labute approximate surface area is 185 Å². The molecule has 0 bridgehead atoms. The van der Waals surface area contributed by atoms with Crippen LogP contribution < -0.4 is 0 Å². The Morgan fingerprint density at radius 3 is 1.24 bits per heavy atom. The molecule has 0 spiro atoms. The summed E-state index contributed by atoms with van der Waals surface area (Å²) in [5.74, 6) is -1.89. The highest BCUT2D eigenvalue weighted by Crippen LogP contribution is 2.06. The molecule has 1 N–H and O–H groups in total. The van der Waals surface area contributed by atoms with Crippen LogP contribution in [0.4, 0.5) is 0 Å². The molecule has 0 aromatic rings. The number of aliphatic hydroxyl groups excluding tert-OH is 1. The average Bonchev–Trinajstić information content (AvgIpc) is 2.68. The predicted molar refractivity (Wildman–Crippen MR) is 113 cm³/mol. The van der Waals surface area contributed by atoms with E-state index in [1.165, 1.54) is 32.9 Å². The number of carbonyl (C=O) groups is 4. The van der Waals surface area contributed by atoms with Crippen molar-refractivity contribution >= 4 is 46.5 Å². The van der Waals surface area contributed by atoms with Gasteiger partial charge in [-0.15, -0.1) is 0 Å². The summed E-state index contributed by atoms with van der Waals surface area (Å²) in [7, 11) is 5.02. The van der Waals surface area contributed by atoms with Gasteiger partial charge in [0.25, 0.3) is 0 Å². The van der Waals surface area contributed by atoms with Gasteiger partial charge < -0.3 is 28.8 Å². The molecule has 0 saturated carbocycles. The summed E-state index contributed by atoms with van der Waals surface area (Å²) in [5.41, 5.74) is 0. The standard InChI is InChI=1S/C9H16O5.C7H12O5.C2H5I/c1-4-14-7(5-8(10)12-2)6-9(11)13-3;1-11-6(9)3-5(8)4-7(10)12-2;1-2-3/h7H,4-6H2,1-3H3;5,8H,3-4H2,1-2H3;2H2,1H3. The van der Waals surface area contributed by atoms with Crippen molar-refractivity contribution in [2.45, 2.75) is 51.7 Å². The summed E-state index contributed by atoms with van der Waals surface area (Å²) in [6, 6.07) is 0. The molecule has 0 atom stereocenters. The van der Waals surface area contributed by atoms with Crippen LogP contribution in [-0.4, -0.2) is 80.7 Å². The lowest BCUT2D eigenvalue weighted by Crippen LogP contribution is -2.22. The van der Waals surface area contributed by atoms with E-state index < -0.39 is 36.1 Å². The molecule has 172 valence electrons. The lowest BCUT2D eigenvalue weighted by atomic mass is 10.2. The van der Waals surface area contributed by atoms with E-state index in [-0.39, 0.29) is 25.7 Å². The van der Waals surface area contributed by atoms with E-state index in [9.17, 15) is 19.2 Å². The van der Waals surface area contributed by atoms with E-state index in [2.05, 4.69) is 48.5 Å². The van der Waals surface area contributed by atoms with Gasteiger partial charge in [0.15, 0.2) is 0 Å². The zero-order chi connectivity index (χ0) is 23.2. The molecule has 0 aliphatic carbocycles. The third kappa shape index (κ3) is 24.5. The molecule has 0 amide bonds. The first kappa shape index (κ1) is 32.2. The molecular formula is C18H33IO10. The number of alkyl halides is 1. The van der Waals surface area contributed by atoms with Gasteiger partial charge in [0.05, 0.1) is 66.3 Å². The van der Waals surface area contributed by atoms with Gasteiger partial charge in [-0.1, -0.05) is 29.5 Å². The smallest absolute Gasteiger partial charge is 0.308 e. The Kier molecular flexibility index (Phi) is 25.3. The van der Waals surface area contributed by atoms with Crippen molar-refractivity contribution in [3.05, 3.63) is 0 Å². The van der Waals surface area contributed by atoms with Crippen LogP contribution in [0.2, 0.25) is 0 Å². The maximum atomic E-state index is 10.9. The number of methoxy groups -OCH3 is 4. The summed E-state index contributed by atoms with van der Waals surface area (Å²) in [4.78, 5) is 42.9. The monoisotopic (exact) mass is 536 g/mol. The minimum absolute atomic E-state index is 0.0689. The molecular weight excluding hydrogens is 503 g/mol. The van der Waals surface area contributed by atoms with Crippen LogP contribution in [0.25, 0.3) is 0 Å². The molecule has 10 nitrogen and oxygen atoms in total. The van der Waals surface area contributed by atoms with Crippen molar-refractivity contribution in [2.75, 3.05) is 39.5 Å². The highest BCUT2D eigenvalue weighted by Gasteiger charge is 2.18. The zero-order valence-corrected chi connectivity index (χ0v) is 20.1. The Hall–Kier alpha value is -1.47. The molecule has 0 heterocycles. The van der Waals surface area contributed by atoms with Gasteiger partial charge in [0.1, 0.15) is 0 Å². The Balaban J connectivity index is -0.000000414. The van der Waals surface area contributed by atoms with Crippen molar-refractivity contribution in [2.24, 2.45) is 0 Å². The average molecular weight is 536 g/mol. The lowest BCUT2D eigenvalue weighted by molar-refractivity contribution is -0.149. The number of ether oxygens (including phenoxy) is 5. The number of aliphatic hydroxyl groups is 1. The number of halogens is 1. The molecule has 0 aliphatic rings. The number of hydrogen-bond acceptors (Lipinski definition) is 10. The minimum Gasteiger partial charge on any atom is -0.469 e. The fourth-order valence-corrected chi connectivity index (χ4v) is 1.59. The van der Waals surface area contributed by atoms with E-state index in [1.807, 2.05) is 0 Å². The Bertz CT molecular complexity index is 420. The first-order valence-corrected chi connectivity index (χ1v) is 10.3. The molecule has 0 saturated heterocycles. The van der Waals surface area contributed by atoms with E-state index >= 15 is 0 Å². The zero-order valence-electron chi connectivity index (χ0n) is 17.9. The number of esters is 4. The Morgan fingerprint density at radius 2 is 1.00 bits per heavy atom. The largest absolute Gasteiger partial charge is 0.469 e. The van der Waals surface area contributed by atoms with Crippen molar-refractivity contribution < 1.29 is 48.0 Å². The van der Waals surface area contributed by atoms with Crippen molar-refractivity contribution in [3.8, 4) is 0 Å². The number of carbonyl (C=O) groups excluding carboxylic acids is 4. The van der Waals surface area contributed by atoms with E-state index in [0.29, 0.717) is 6.61 Å². The minimum atomic E-state index is -1.02. The fraction of sp³-hybridized carbons (Fsp3) is 0.778. The van der Waals surface area contributed by atoms with E-state index in [4.69, 9.17) is 9.84 Å². The maximum absolute atomic E-state index is 10.9. The van der Waals surface area contributed by atoms with Gasteiger partial charge in [-0.2, -0.15) is 0 Å². The highest BCUT2D eigenvalue weighted by molar-refractivity contribution is 14.1. The van der Waals surface area contributed by atoms with Gasteiger partial charge >= 0.3 is 23.9 Å². The quantitative estimate of drug-likeness (QED) is 0.189. The fourth-order valence-electron chi connectivity index (χ4n) is 1.59. The summed E-state index contributed by atoms with van der Waals surface area (Å²) < 4.78 is 23.9. The van der Waals surface area contributed by atoms with Gasteiger partial charge in [-0.3, -0.25) is 19.2 Å². The van der Waals surface area contributed by atoms with E-state index in [1.54, 1.807) is 6.92 Å². The van der Waals surface area contributed by atoms with Crippen LogP contribution in [0.3, 0.4) is 0 Å². The summed E-state index contributed by atoms with van der Waals surface area (Å²) >= 11 is 2.29. The molecule has 0 aromatic heterocycles. The summed E-state index contributed by atoms with van der Waals surface area (Å²) in [5, 5.41) is 9.05. The van der Waals surface area contributed by atoms with Crippen LogP contribution in [0, 0.1) is 0 Å². The molecule has 0 unspecified atom stereocenters. The molecule has 0 rings (SSSR count). The van der Waals surface area contributed by atoms with Crippen LogP contribution in [0.5, 0.6) is 0 Å². The molecule has 0 radical (unpaired) electrons. The van der Waals surface area contributed by atoms with Crippen LogP contribution in [0.15, 0.2) is 0 Å². The SMILES string of the molecule is CCI.CCOC(CC(=O)OC)CC(=O)OC.COC(=O)CC(O)CC(=O)OC. The second-order valence-electron chi connectivity index (χ2n) is 5.12. The first-order valence-electron chi connectivity index (χ1n) is 8.78. The molecule has 29 heavy (non-hydrogen) atoms. The topological polar surface area (TPSA) is 135 Å². The predicted octanol–water partition coefficient (Wildman–Crippen LogP) is 1.43. The third-order valence-electron chi connectivity index (χ3n) is 2.91. The molecule has 0 aromatic carbocycles. The van der Waals surface area contributed by atoms with Crippen molar-refractivity contribution in [1.82, 2.24) is 0 Å². The second-order valence-corrected chi connectivity index (χ2v) is 6.65. The summed E-state index contributed by atoms with van der Waals surface area (Å²) in [6.07, 6.45) is -1.72. The first-order chi connectivity index (χ1) is 13.6. The van der Waals surface area contributed by atoms with Gasteiger partial charge in [0.2, 0.25) is 0 Å². The van der Waals surface area contributed by atoms with Crippen LogP contribution >= 0.6 is 22.6 Å². The van der Waals surface area contributed by atoms with Gasteiger partial charge in [-0.05, 0) is 11.4 Å². The normalized spacial score (nSPS) is 9.45. The second kappa shape index (κ2) is 22.8. The van der Waals surface area contributed by atoms with Crippen LogP contribution in [0.1, 0.15) is 39.5 Å². The third-order valence-corrected chi connectivity index (χ3v) is 2.91. The molecule has 11 heteroatoms. The molecule has 0 fully saturated rings. The van der Waals surface area contributed by atoms with Crippen LogP contribution in [-0.2, 0) is 42.9 Å². The van der Waals surface area contributed by atoms with Gasteiger partial charge in [-0.25, -0.2) is 0 Å². The lowest BCUT2D eigenvalue weighted by Gasteiger charge is -2.13. The van der Waals surface area contributed by atoms with Crippen molar-refractivity contribution in [3.63, 3.8) is 0 Å². The van der Waals surface area contributed by atoms with E-state index in [0.717, 1.165) is 0 Å². The number of rotatable bonds is 10. The number of hydrogen-bond donors (Lipinski definition) is 1. The Morgan fingerprint density at radius 1 is 0.724 bits per heavy atom. The van der Waals surface area contributed by atoms with Gasteiger partial charge in [0, 0.05) is 6.61 Å².